The summed E-state index contributed by atoms with van der Waals surface area (Å²) in [5.41, 5.74) is 2.44. The molecule has 0 radical (unpaired) electrons. The topological polar surface area (TPSA) is 58.6 Å². The maximum Gasteiger partial charge on any atom is 0.411 e. The molecule has 0 unspecified atom stereocenters. The van der Waals surface area contributed by atoms with E-state index in [4.69, 9.17) is 4.74 Å². The van der Waals surface area contributed by atoms with Gasteiger partial charge in [-0.1, -0.05) is 30.3 Å². The van der Waals surface area contributed by atoms with Crippen molar-refractivity contribution in [1.29, 1.82) is 0 Å². The van der Waals surface area contributed by atoms with Gasteiger partial charge in [0.25, 0.3) is 0 Å². The summed E-state index contributed by atoms with van der Waals surface area (Å²) >= 11 is 0. The number of hydrogen-bond donors (Lipinski definition) is 1. The van der Waals surface area contributed by atoms with Crippen molar-refractivity contribution in [3.05, 3.63) is 60.2 Å². The SMILES string of the molecule is O=C(Nc1ccc(N2CCCCC2=O)cc1)OCc1ccccc1. The summed E-state index contributed by atoms with van der Waals surface area (Å²) in [5, 5.41) is 2.69. The van der Waals surface area contributed by atoms with Gasteiger partial charge in [0.2, 0.25) is 5.91 Å². The van der Waals surface area contributed by atoms with Crippen LogP contribution >= 0.6 is 0 Å². The van der Waals surface area contributed by atoms with Crippen LogP contribution in [0.4, 0.5) is 16.2 Å². The number of benzene rings is 2. The molecular formula is C19H20N2O3. The molecule has 1 fully saturated rings. The summed E-state index contributed by atoms with van der Waals surface area (Å²) in [7, 11) is 0. The van der Waals surface area contributed by atoms with Crippen LogP contribution in [0.2, 0.25) is 0 Å². The molecular weight excluding hydrogens is 304 g/mol. The average molecular weight is 324 g/mol. The Morgan fingerprint density at radius 2 is 1.79 bits per heavy atom. The zero-order valence-corrected chi connectivity index (χ0v) is 13.4. The third-order valence-corrected chi connectivity index (χ3v) is 3.96. The molecule has 2 aromatic carbocycles. The zero-order valence-electron chi connectivity index (χ0n) is 13.4. The van der Waals surface area contributed by atoms with Gasteiger partial charge in [-0.05, 0) is 42.7 Å². The third kappa shape index (κ3) is 4.13. The second kappa shape index (κ2) is 7.64. The summed E-state index contributed by atoms with van der Waals surface area (Å²) in [6.45, 7) is 0.984. The number of amides is 2. The Morgan fingerprint density at radius 1 is 1.04 bits per heavy atom. The highest BCUT2D eigenvalue weighted by molar-refractivity contribution is 5.94. The van der Waals surface area contributed by atoms with E-state index in [1.54, 1.807) is 17.0 Å². The predicted octanol–water partition coefficient (Wildman–Crippen LogP) is 3.95. The Bertz CT molecular complexity index is 698. The molecule has 1 saturated heterocycles. The van der Waals surface area contributed by atoms with Gasteiger partial charge in [-0.15, -0.1) is 0 Å². The summed E-state index contributed by atoms with van der Waals surface area (Å²) < 4.78 is 5.18. The molecule has 124 valence electrons. The first-order valence-electron chi connectivity index (χ1n) is 8.10. The lowest BCUT2D eigenvalue weighted by Gasteiger charge is -2.26. The summed E-state index contributed by atoms with van der Waals surface area (Å²) in [6, 6.07) is 16.8. The lowest BCUT2D eigenvalue weighted by Crippen LogP contribution is -2.35. The molecule has 0 aliphatic carbocycles. The molecule has 5 heteroatoms. The highest BCUT2D eigenvalue weighted by Crippen LogP contribution is 2.22. The lowest BCUT2D eigenvalue weighted by atomic mass is 10.1. The maximum atomic E-state index is 11.9. The van der Waals surface area contributed by atoms with Gasteiger partial charge in [-0.25, -0.2) is 4.79 Å². The Balaban J connectivity index is 1.54. The van der Waals surface area contributed by atoms with E-state index in [1.165, 1.54) is 0 Å². The van der Waals surface area contributed by atoms with Crippen LogP contribution in [0, 0.1) is 0 Å². The molecule has 3 rings (SSSR count). The molecule has 0 atom stereocenters. The van der Waals surface area contributed by atoms with Crippen molar-refractivity contribution in [2.24, 2.45) is 0 Å². The van der Waals surface area contributed by atoms with Crippen LogP contribution in [0.25, 0.3) is 0 Å². The highest BCUT2D eigenvalue weighted by Gasteiger charge is 2.19. The molecule has 1 aliphatic heterocycles. The lowest BCUT2D eigenvalue weighted by molar-refractivity contribution is -0.119. The van der Waals surface area contributed by atoms with E-state index in [9.17, 15) is 9.59 Å². The molecule has 2 aromatic rings. The first-order valence-corrected chi connectivity index (χ1v) is 8.10. The summed E-state index contributed by atoms with van der Waals surface area (Å²) in [5.74, 6) is 0.157. The Morgan fingerprint density at radius 3 is 2.50 bits per heavy atom. The van der Waals surface area contributed by atoms with Crippen LogP contribution in [0.3, 0.4) is 0 Å². The fraction of sp³-hybridized carbons (Fsp3) is 0.263. The number of carbonyl (C=O) groups is 2. The van der Waals surface area contributed by atoms with Gasteiger partial charge in [-0.3, -0.25) is 10.1 Å². The van der Waals surface area contributed by atoms with E-state index in [2.05, 4.69) is 5.32 Å². The second-order valence-electron chi connectivity index (χ2n) is 5.74. The van der Waals surface area contributed by atoms with Crippen molar-refractivity contribution in [1.82, 2.24) is 0 Å². The normalized spacial score (nSPS) is 14.3. The quantitative estimate of drug-likeness (QED) is 0.926. The van der Waals surface area contributed by atoms with Gasteiger partial charge in [0, 0.05) is 24.3 Å². The molecule has 24 heavy (non-hydrogen) atoms. The molecule has 5 nitrogen and oxygen atoms in total. The molecule has 0 aromatic heterocycles. The number of carbonyl (C=O) groups excluding carboxylic acids is 2. The van der Waals surface area contributed by atoms with Crippen molar-refractivity contribution in [2.75, 3.05) is 16.8 Å². The van der Waals surface area contributed by atoms with Crippen molar-refractivity contribution < 1.29 is 14.3 Å². The minimum absolute atomic E-state index is 0.157. The number of nitrogens with one attached hydrogen (secondary N) is 1. The van der Waals surface area contributed by atoms with Crippen molar-refractivity contribution >= 4 is 23.4 Å². The van der Waals surface area contributed by atoms with Gasteiger partial charge in [-0.2, -0.15) is 0 Å². The van der Waals surface area contributed by atoms with Crippen molar-refractivity contribution in [2.45, 2.75) is 25.9 Å². The van der Waals surface area contributed by atoms with E-state index in [1.807, 2.05) is 42.5 Å². The van der Waals surface area contributed by atoms with Crippen LogP contribution in [0.5, 0.6) is 0 Å². The monoisotopic (exact) mass is 324 g/mol. The standard InChI is InChI=1S/C19H20N2O3/c22-18-8-4-5-13-21(18)17-11-9-16(10-12-17)20-19(23)24-14-15-6-2-1-3-7-15/h1-3,6-7,9-12H,4-5,8,13-14H2,(H,20,23). The van der Waals surface area contributed by atoms with E-state index in [0.717, 1.165) is 30.6 Å². The second-order valence-corrected chi connectivity index (χ2v) is 5.74. The largest absolute Gasteiger partial charge is 0.444 e. The van der Waals surface area contributed by atoms with Gasteiger partial charge >= 0.3 is 6.09 Å². The van der Waals surface area contributed by atoms with E-state index >= 15 is 0 Å². The third-order valence-electron chi connectivity index (χ3n) is 3.96. The van der Waals surface area contributed by atoms with Crippen molar-refractivity contribution in [3.63, 3.8) is 0 Å². The van der Waals surface area contributed by atoms with E-state index < -0.39 is 6.09 Å². The van der Waals surface area contributed by atoms with Gasteiger partial charge < -0.3 is 9.64 Å². The number of piperidine rings is 1. The molecule has 0 spiro atoms. The van der Waals surface area contributed by atoms with Crippen LogP contribution < -0.4 is 10.2 Å². The highest BCUT2D eigenvalue weighted by atomic mass is 16.5. The van der Waals surface area contributed by atoms with Crippen LogP contribution in [0.1, 0.15) is 24.8 Å². The van der Waals surface area contributed by atoms with Crippen LogP contribution in [-0.4, -0.2) is 18.5 Å². The fourth-order valence-electron chi connectivity index (χ4n) is 2.68. The number of rotatable bonds is 4. The Hall–Kier alpha value is -2.82. The zero-order chi connectivity index (χ0) is 16.8. The molecule has 1 N–H and O–H groups in total. The number of hydrogen-bond acceptors (Lipinski definition) is 3. The number of anilines is 2. The smallest absolute Gasteiger partial charge is 0.411 e. The first-order chi connectivity index (χ1) is 11.7. The minimum Gasteiger partial charge on any atom is -0.444 e. The number of ether oxygens (including phenoxy) is 1. The molecule has 1 aliphatic rings. The maximum absolute atomic E-state index is 11.9. The van der Waals surface area contributed by atoms with Crippen molar-refractivity contribution in [3.8, 4) is 0 Å². The summed E-state index contributed by atoms with van der Waals surface area (Å²) in [4.78, 5) is 25.5. The molecule has 2 amide bonds. The van der Waals surface area contributed by atoms with Gasteiger partial charge in [0.1, 0.15) is 6.61 Å². The first kappa shape index (κ1) is 16.1. The molecule has 1 heterocycles. The molecule has 0 bridgehead atoms. The van der Waals surface area contributed by atoms with E-state index in [-0.39, 0.29) is 12.5 Å². The predicted molar refractivity (Wildman–Crippen MR) is 92.9 cm³/mol. The fourth-order valence-corrected chi connectivity index (χ4v) is 2.68. The van der Waals surface area contributed by atoms with Gasteiger partial charge in [0.15, 0.2) is 0 Å². The number of nitrogens with zero attached hydrogens (tertiary/aromatic N) is 1. The molecule has 0 saturated carbocycles. The average Bonchev–Trinajstić information content (AvgIpc) is 2.62. The Labute approximate surface area is 141 Å². The minimum atomic E-state index is -0.499. The van der Waals surface area contributed by atoms with Gasteiger partial charge in [0.05, 0.1) is 0 Å². The van der Waals surface area contributed by atoms with E-state index in [0.29, 0.717) is 12.1 Å². The van der Waals surface area contributed by atoms with Crippen LogP contribution in [-0.2, 0) is 16.1 Å². The summed E-state index contributed by atoms with van der Waals surface area (Å²) in [6.07, 6.45) is 2.09. The Kier molecular flexibility index (Phi) is 5.11. The van der Waals surface area contributed by atoms with Crippen LogP contribution in [0.15, 0.2) is 54.6 Å².